The van der Waals surface area contributed by atoms with E-state index in [2.05, 4.69) is 6.92 Å². The minimum absolute atomic E-state index is 0.812. The second-order valence-electron chi connectivity index (χ2n) is 1.98. The molecule has 0 aromatic heterocycles. The Labute approximate surface area is 60.5 Å². The molecule has 9 heavy (non-hydrogen) atoms. The van der Waals surface area contributed by atoms with Gasteiger partial charge in [0.15, 0.2) is 0 Å². The molecule has 0 radical (unpaired) electrons. The summed E-state index contributed by atoms with van der Waals surface area (Å²) in [4.78, 5) is 0. The maximum Gasteiger partial charge on any atom is 0.0406 e. The van der Waals surface area contributed by atoms with Crippen molar-refractivity contribution in [3.8, 4) is 0 Å². The molecule has 0 heterocycles. The highest BCUT2D eigenvalue weighted by atomic mass is 35.5. The lowest BCUT2D eigenvalue weighted by molar-refractivity contribution is 1.14. The average molecular weight is 141 g/mol. The third-order valence-corrected chi connectivity index (χ3v) is 1.57. The minimum atomic E-state index is 0.812. The average Bonchev–Trinajstić information content (AvgIpc) is 1.90. The summed E-state index contributed by atoms with van der Waals surface area (Å²) in [5.74, 6) is 0. The van der Waals surface area contributed by atoms with E-state index in [0.717, 1.165) is 11.4 Å². The van der Waals surface area contributed by atoms with Crippen molar-refractivity contribution in [1.29, 1.82) is 0 Å². The Morgan fingerprint density at radius 1 is 1.22 bits per heavy atom. The molecule has 1 aromatic rings. The highest BCUT2D eigenvalue weighted by molar-refractivity contribution is 6.30. The molecule has 48 valence electrons. The molecule has 0 spiro atoms. The summed E-state index contributed by atoms with van der Waals surface area (Å²) in [5.41, 5.74) is 1.33. The molecule has 0 atom stereocenters. The second kappa shape index (κ2) is 2.88. The van der Waals surface area contributed by atoms with Gasteiger partial charge in [0.25, 0.3) is 0 Å². The van der Waals surface area contributed by atoms with Crippen LogP contribution in [0.25, 0.3) is 0 Å². The quantitative estimate of drug-likeness (QED) is 0.563. The third-order valence-electron chi connectivity index (χ3n) is 1.32. The van der Waals surface area contributed by atoms with Crippen LogP contribution in [-0.2, 0) is 6.42 Å². The van der Waals surface area contributed by atoms with Crippen molar-refractivity contribution < 1.29 is 0 Å². The molecule has 0 N–H and O–H groups in total. The zero-order chi connectivity index (χ0) is 6.69. The molecule has 1 heteroatoms. The summed E-state index contributed by atoms with van der Waals surface area (Å²) in [6, 6.07) is 7.92. The van der Waals surface area contributed by atoms with Crippen molar-refractivity contribution in [2.24, 2.45) is 0 Å². The highest BCUT2D eigenvalue weighted by Crippen LogP contribution is 2.09. The van der Waals surface area contributed by atoms with Gasteiger partial charge in [0.2, 0.25) is 0 Å². The van der Waals surface area contributed by atoms with Crippen LogP contribution in [0.3, 0.4) is 0 Å². The van der Waals surface area contributed by atoms with Crippen LogP contribution >= 0.6 is 11.6 Å². The van der Waals surface area contributed by atoms with E-state index in [9.17, 15) is 0 Å². The lowest BCUT2D eigenvalue weighted by Crippen LogP contribution is -1.75. The Morgan fingerprint density at radius 3 is 2.22 bits per heavy atom. The molecule has 0 aliphatic rings. The normalized spacial score (nSPS) is 9.56. The molecule has 0 aliphatic heterocycles. The van der Waals surface area contributed by atoms with Crippen LogP contribution in [0.1, 0.15) is 12.5 Å². The van der Waals surface area contributed by atoms with Gasteiger partial charge in [-0.1, -0.05) is 30.7 Å². The largest absolute Gasteiger partial charge is 0.0843 e. The molecular weight excluding hydrogens is 132 g/mol. The van der Waals surface area contributed by atoms with Crippen molar-refractivity contribution >= 4 is 11.6 Å². The van der Waals surface area contributed by atoms with E-state index in [1.807, 2.05) is 24.3 Å². The fraction of sp³-hybridized carbons (Fsp3) is 0.250. The van der Waals surface area contributed by atoms with Crippen molar-refractivity contribution in [2.75, 3.05) is 0 Å². The maximum atomic E-state index is 5.67. The Bertz CT molecular complexity index is 176. The van der Waals surface area contributed by atoms with Crippen molar-refractivity contribution in [3.63, 3.8) is 0 Å². The number of halogens is 1. The zero-order valence-electron chi connectivity index (χ0n) is 5.39. The molecule has 0 nitrogen and oxygen atoms in total. The summed E-state index contributed by atoms with van der Waals surface area (Å²) >= 11 is 5.67. The van der Waals surface area contributed by atoms with Crippen LogP contribution in [-0.4, -0.2) is 0 Å². The highest BCUT2D eigenvalue weighted by Gasteiger charge is 1.86. The number of hydrogen-bond donors (Lipinski definition) is 0. The van der Waals surface area contributed by atoms with E-state index >= 15 is 0 Å². The molecular formula is C8H9Cl. The summed E-state index contributed by atoms with van der Waals surface area (Å²) in [6.45, 7) is 2.13. The van der Waals surface area contributed by atoms with Crippen molar-refractivity contribution in [2.45, 2.75) is 13.3 Å². The molecule has 0 fully saturated rings. The van der Waals surface area contributed by atoms with Crippen LogP contribution in [0.2, 0.25) is 5.02 Å². The fourth-order valence-corrected chi connectivity index (χ4v) is 0.846. The Morgan fingerprint density at radius 2 is 1.78 bits per heavy atom. The lowest BCUT2D eigenvalue weighted by atomic mass is 10.2. The Kier molecular flexibility index (Phi) is 2.12. The smallest absolute Gasteiger partial charge is 0.0406 e. The monoisotopic (exact) mass is 140 g/mol. The Hall–Kier alpha value is -0.490. The van der Waals surface area contributed by atoms with Crippen molar-refractivity contribution in [1.82, 2.24) is 0 Å². The van der Waals surface area contributed by atoms with E-state index in [-0.39, 0.29) is 0 Å². The molecule has 0 unspecified atom stereocenters. The summed E-state index contributed by atoms with van der Waals surface area (Å²) in [5, 5.41) is 0.812. The van der Waals surface area contributed by atoms with Gasteiger partial charge in [-0.3, -0.25) is 0 Å². The molecule has 0 aliphatic carbocycles. The number of aryl methyl sites for hydroxylation is 1. The van der Waals surface area contributed by atoms with E-state index in [0.29, 0.717) is 0 Å². The van der Waals surface area contributed by atoms with E-state index < -0.39 is 0 Å². The van der Waals surface area contributed by atoms with Gasteiger partial charge in [-0.05, 0) is 24.1 Å². The second-order valence-corrected chi connectivity index (χ2v) is 2.42. The SMILES string of the molecule is CCc1ccc(Cl)cc1. The first-order valence-electron chi connectivity index (χ1n) is 3.07. The fourth-order valence-electron chi connectivity index (χ4n) is 0.720. The zero-order valence-corrected chi connectivity index (χ0v) is 6.15. The van der Waals surface area contributed by atoms with E-state index in [1.165, 1.54) is 5.56 Å². The number of rotatable bonds is 1. The van der Waals surface area contributed by atoms with Gasteiger partial charge in [-0.15, -0.1) is 0 Å². The molecule has 0 saturated carbocycles. The molecule has 1 rings (SSSR count). The first-order valence-corrected chi connectivity index (χ1v) is 3.45. The summed E-state index contributed by atoms with van der Waals surface area (Å²) in [7, 11) is 0. The standard InChI is InChI=1S/C8H9Cl/c1-2-7-3-5-8(9)6-4-7/h3-6H,2H2,1H3. The minimum Gasteiger partial charge on any atom is -0.0843 e. The van der Waals surface area contributed by atoms with E-state index in [1.54, 1.807) is 0 Å². The van der Waals surface area contributed by atoms with Gasteiger partial charge in [0.05, 0.1) is 0 Å². The van der Waals surface area contributed by atoms with Gasteiger partial charge in [0, 0.05) is 5.02 Å². The van der Waals surface area contributed by atoms with Gasteiger partial charge < -0.3 is 0 Å². The first kappa shape index (κ1) is 6.63. The van der Waals surface area contributed by atoms with Gasteiger partial charge in [-0.25, -0.2) is 0 Å². The maximum absolute atomic E-state index is 5.67. The van der Waals surface area contributed by atoms with E-state index in [4.69, 9.17) is 11.6 Å². The van der Waals surface area contributed by atoms with Gasteiger partial charge in [0.1, 0.15) is 0 Å². The van der Waals surface area contributed by atoms with Gasteiger partial charge in [-0.2, -0.15) is 0 Å². The first-order chi connectivity index (χ1) is 4.33. The Balaban J connectivity index is 2.88. The van der Waals surface area contributed by atoms with Crippen LogP contribution < -0.4 is 0 Å². The number of hydrogen-bond acceptors (Lipinski definition) is 0. The molecule has 1 aromatic carbocycles. The van der Waals surface area contributed by atoms with Crippen LogP contribution in [0.5, 0.6) is 0 Å². The summed E-state index contributed by atoms with van der Waals surface area (Å²) in [6.07, 6.45) is 1.08. The predicted octanol–water partition coefficient (Wildman–Crippen LogP) is 2.90. The summed E-state index contributed by atoms with van der Waals surface area (Å²) < 4.78 is 0. The van der Waals surface area contributed by atoms with Crippen LogP contribution in [0.4, 0.5) is 0 Å². The number of benzene rings is 1. The molecule has 0 amide bonds. The molecule has 0 saturated heterocycles. The lowest BCUT2D eigenvalue weighted by Gasteiger charge is -1.93. The molecule has 0 bridgehead atoms. The van der Waals surface area contributed by atoms with Crippen LogP contribution in [0, 0.1) is 0 Å². The van der Waals surface area contributed by atoms with Gasteiger partial charge >= 0.3 is 0 Å². The third kappa shape index (κ3) is 1.72. The van der Waals surface area contributed by atoms with Crippen LogP contribution in [0.15, 0.2) is 24.3 Å². The topological polar surface area (TPSA) is 0 Å². The van der Waals surface area contributed by atoms with Crippen molar-refractivity contribution in [3.05, 3.63) is 34.9 Å². The predicted molar refractivity (Wildman–Crippen MR) is 40.8 cm³/mol.